The molecule has 4 aromatic rings. The van der Waals surface area contributed by atoms with Crippen LogP contribution < -0.4 is 0 Å². The van der Waals surface area contributed by atoms with Gasteiger partial charge >= 0.3 is 5.97 Å². The van der Waals surface area contributed by atoms with Crippen molar-refractivity contribution in [1.82, 2.24) is 14.3 Å². The third-order valence-electron chi connectivity index (χ3n) is 5.22. The molecule has 0 aliphatic carbocycles. The summed E-state index contributed by atoms with van der Waals surface area (Å²) < 4.78 is 8.97. The van der Waals surface area contributed by atoms with Crippen LogP contribution in [0.15, 0.2) is 78.5 Å². The largest absolute Gasteiger partial charge is 0.466 e. The first-order valence-corrected chi connectivity index (χ1v) is 9.92. The number of hydrogen-bond donors (Lipinski definition) is 0. The van der Waals surface area contributed by atoms with Gasteiger partial charge < -0.3 is 9.30 Å². The second-order valence-corrected chi connectivity index (χ2v) is 7.48. The molecule has 2 aromatic heterocycles. The zero-order valence-corrected chi connectivity index (χ0v) is 17.0. The minimum Gasteiger partial charge on any atom is -0.466 e. The van der Waals surface area contributed by atoms with Crippen LogP contribution in [0, 0.1) is 0 Å². The van der Waals surface area contributed by atoms with E-state index in [1.165, 1.54) is 7.11 Å². The number of para-hydroxylation sites is 1. The molecular weight excluding hydrogens is 398 g/mol. The van der Waals surface area contributed by atoms with Crippen molar-refractivity contribution >= 4 is 23.6 Å². The first kappa shape index (κ1) is 18.5. The fraction of sp³-hybridized carbons (Fsp3) is 0.0833. The highest BCUT2D eigenvalue weighted by Gasteiger charge is 2.27. The maximum absolute atomic E-state index is 12.4. The van der Waals surface area contributed by atoms with Crippen LogP contribution in [0.5, 0.6) is 0 Å². The molecule has 0 bridgehead atoms. The molecule has 148 valence electrons. The molecule has 0 spiro atoms. The Labute approximate surface area is 178 Å². The number of methoxy groups -OCH3 is 1. The molecule has 1 aliphatic heterocycles. The maximum atomic E-state index is 12.4. The number of halogens is 1. The lowest BCUT2D eigenvalue weighted by atomic mass is 10.0. The van der Waals surface area contributed by atoms with E-state index in [9.17, 15) is 4.79 Å². The van der Waals surface area contributed by atoms with E-state index in [4.69, 9.17) is 21.4 Å². The summed E-state index contributed by atoms with van der Waals surface area (Å²) in [5, 5.41) is 5.58. The lowest BCUT2D eigenvalue weighted by Gasteiger charge is -2.12. The summed E-state index contributed by atoms with van der Waals surface area (Å²) in [5.41, 5.74) is 6.09. The Balaban J connectivity index is 1.85. The van der Waals surface area contributed by atoms with E-state index in [1.807, 2.05) is 88.3 Å². The van der Waals surface area contributed by atoms with Gasteiger partial charge in [-0.1, -0.05) is 41.9 Å². The molecule has 0 amide bonds. The Bertz CT molecular complexity index is 1270. The third kappa shape index (κ3) is 3.04. The van der Waals surface area contributed by atoms with Crippen LogP contribution in [0.3, 0.4) is 0 Å². The summed E-state index contributed by atoms with van der Waals surface area (Å²) in [6.07, 6.45) is 3.79. The van der Waals surface area contributed by atoms with Crippen LogP contribution in [0.25, 0.3) is 34.3 Å². The van der Waals surface area contributed by atoms with Crippen LogP contribution in [0.1, 0.15) is 5.69 Å². The zero-order chi connectivity index (χ0) is 20.7. The number of ether oxygens (including phenoxy) is 1. The molecule has 5 rings (SSSR count). The summed E-state index contributed by atoms with van der Waals surface area (Å²) in [4.78, 5) is 12.4. The highest BCUT2D eigenvalue weighted by Crippen LogP contribution is 2.40. The summed E-state index contributed by atoms with van der Waals surface area (Å²) in [6, 6.07) is 21.7. The van der Waals surface area contributed by atoms with Crippen LogP contribution in [-0.2, 0) is 16.1 Å². The second-order valence-electron chi connectivity index (χ2n) is 7.05. The highest BCUT2D eigenvalue weighted by atomic mass is 35.5. The van der Waals surface area contributed by atoms with Gasteiger partial charge in [-0.3, -0.25) is 0 Å². The van der Waals surface area contributed by atoms with Gasteiger partial charge in [-0.05, 0) is 42.5 Å². The Hall–Kier alpha value is -3.57. The fourth-order valence-electron chi connectivity index (χ4n) is 3.85. The van der Waals surface area contributed by atoms with Crippen molar-refractivity contribution in [3.8, 4) is 28.2 Å². The van der Waals surface area contributed by atoms with Crippen molar-refractivity contribution in [3.63, 3.8) is 0 Å². The van der Waals surface area contributed by atoms with Crippen molar-refractivity contribution < 1.29 is 9.53 Å². The predicted molar refractivity (Wildman–Crippen MR) is 117 cm³/mol. The summed E-state index contributed by atoms with van der Waals surface area (Å²) in [6.45, 7) is 0.427. The minimum atomic E-state index is -0.357. The van der Waals surface area contributed by atoms with Crippen LogP contribution in [0.4, 0.5) is 0 Å². The van der Waals surface area contributed by atoms with Gasteiger partial charge in [0.15, 0.2) is 0 Å². The van der Waals surface area contributed by atoms with Gasteiger partial charge in [0.25, 0.3) is 0 Å². The molecule has 0 atom stereocenters. The molecule has 5 nitrogen and oxygen atoms in total. The predicted octanol–water partition coefficient (Wildman–Crippen LogP) is 5.23. The first-order chi connectivity index (χ1) is 14.7. The van der Waals surface area contributed by atoms with Crippen molar-refractivity contribution in [2.45, 2.75) is 6.54 Å². The monoisotopic (exact) mass is 415 g/mol. The number of esters is 1. The number of carbonyl (C=O) groups excluding carboxylic acids is 1. The van der Waals surface area contributed by atoms with Crippen LogP contribution in [0.2, 0.25) is 5.02 Å². The lowest BCUT2D eigenvalue weighted by molar-refractivity contribution is -0.136. The SMILES string of the molecule is COC(=O)C1=Cc2nn(-c3ccccc3)c(-c3ccc(Cl)cc3)c2-c2cccn2C1. The van der Waals surface area contributed by atoms with Gasteiger partial charge in [0.05, 0.1) is 47.6 Å². The maximum Gasteiger partial charge on any atom is 0.335 e. The summed E-state index contributed by atoms with van der Waals surface area (Å²) >= 11 is 6.15. The molecule has 0 N–H and O–H groups in total. The van der Waals surface area contributed by atoms with Crippen molar-refractivity contribution in [3.05, 3.63) is 89.2 Å². The molecular formula is C24H18ClN3O2. The highest BCUT2D eigenvalue weighted by molar-refractivity contribution is 6.30. The van der Waals surface area contributed by atoms with Gasteiger partial charge in [-0.2, -0.15) is 5.10 Å². The van der Waals surface area contributed by atoms with Gasteiger partial charge in [-0.15, -0.1) is 0 Å². The molecule has 0 unspecified atom stereocenters. The summed E-state index contributed by atoms with van der Waals surface area (Å²) in [5.74, 6) is -0.357. The Morgan fingerprint density at radius 1 is 1.03 bits per heavy atom. The number of aromatic nitrogens is 3. The number of benzene rings is 2. The molecule has 3 heterocycles. The minimum absolute atomic E-state index is 0.357. The second kappa shape index (κ2) is 7.35. The standard InChI is InChI=1S/C24H18ClN3O2/c1-30-24(29)17-14-20-22(21-8-5-13-27(21)15-17)23(16-9-11-18(25)12-10-16)28(26-20)19-6-3-2-4-7-19/h2-14H,15H2,1H3. The average molecular weight is 416 g/mol. The molecule has 0 radical (unpaired) electrons. The van der Waals surface area contributed by atoms with Gasteiger partial charge in [0.1, 0.15) is 0 Å². The molecule has 0 saturated heterocycles. The van der Waals surface area contributed by atoms with E-state index >= 15 is 0 Å². The van der Waals surface area contributed by atoms with E-state index in [0.29, 0.717) is 17.1 Å². The summed E-state index contributed by atoms with van der Waals surface area (Å²) in [7, 11) is 1.40. The normalized spacial score (nSPS) is 12.5. The molecule has 0 fully saturated rings. The number of nitrogens with zero attached hydrogens (tertiary/aromatic N) is 3. The molecule has 30 heavy (non-hydrogen) atoms. The Morgan fingerprint density at radius 2 is 1.80 bits per heavy atom. The van der Waals surface area contributed by atoms with Crippen LogP contribution >= 0.6 is 11.6 Å². The van der Waals surface area contributed by atoms with Gasteiger partial charge in [-0.25, -0.2) is 9.48 Å². The van der Waals surface area contributed by atoms with E-state index in [-0.39, 0.29) is 5.97 Å². The van der Waals surface area contributed by atoms with Crippen molar-refractivity contribution in [2.75, 3.05) is 7.11 Å². The average Bonchev–Trinajstić information content (AvgIpc) is 3.35. The molecule has 0 saturated carbocycles. The number of rotatable bonds is 3. The molecule has 1 aliphatic rings. The third-order valence-corrected chi connectivity index (χ3v) is 5.47. The quantitative estimate of drug-likeness (QED) is 0.430. The van der Waals surface area contributed by atoms with Crippen molar-refractivity contribution in [1.29, 1.82) is 0 Å². The fourth-order valence-corrected chi connectivity index (χ4v) is 3.97. The molecule has 2 aromatic carbocycles. The van der Waals surface area contributed by atoms with E-state index < -0.39 is 0 Å². The van der Waals surface area contributed by atoms with E-state index in [1.54, 1.807) is 0 Å². The number of fused-ring (bicyclic) bond motifs is 3. The Morgan fingerprint density at radius 3 is 2.53 bits per heavy atom. The Kier molecular flexibility index (Phi) is 4.52. The molecule has 6 heteroatoms. The van der Waals surface area contributed by atoms with Crippen LogP contribution in [-0.4, -0.2) is 27.4 Å². The lowest BCUT2D eigenvalue weighted by Crippen LogP contribution is -2.11. The zero-order valence-electron chi connectivity index (χ0n) is 16.2. The van der Waals surface area contributed by atoms with E-state index in [2.05, 4.69) is 0 Å². The van der Waals surface area contributed by atoms with Gasteiger partial charge in [0.2, 0.25) is 0 Å². The van der Waals surface area contributed by atoms with E-state index in [0.717, 1.165) is 33.9 Å². The first-order valence-electron chi connectivity index (χ1n) is 9.54. The van der Waals surface area contributed by atoms with Gasteiger partial charge in [0, 0.05) is 16.8 Å². The van der Waals surface area contributed by atoms with Crippen molar-refractivity contribution in [2.24, 2.45) is 0 Å². The number of carbonyl (C=O) groups is 1. The smallest absolute Gasteiger partial charge is 0.335 e. The number of hydrogen-bond acceptors (Lipinski definition) is 3. The topological polar surface area (TPSA) is 49.0 Å².